The van der Waals surface area contributed by atoms with Gasteiger partial charge in [0.1, 0.15) is 18.1 Å². The van der Waals surface area contributed by atoms with Crippen LogP contribution >= 0.6 is 23.2 Å². The molecule has 9 heteroatoms. The van der Waals surface area contributed by atoms with Gasteiger partial charge >= 0.3 is 0 Å². The van der Waals surface area contributed by atoms with Crippen LogP contribution in [0, 0.1) is 0 Å². The van der Waals surface area contributed by atoms with Crippen molar-refractivity contribution in [1.29, 1.82) is 0 Å². The summed E-state index contributed by atoms with van der Waals surface area (Å²) in [5.74, 6) is 0.446. The number of nitrogens with one attached hydrogen (secondary N) is 1. The number of rotatable bonds is 9. The molecule has 0 atom stereocenters. The van der Waals surface area contributed by atoms with Crippen molar-refractivity contribution in [2.24, 2.45) is 0 Å². The van der Waals surface area contributed by atoms with Crippen LogP contribution in [-0.4, -0.2) is 46.2 Å². The van der Waals surface area contributed by atoms with E-state index < -0.39 is 0 Å². The number of aromatic nitrogens is 2. The summed E-state index contributed by atoms with van der Waals surface area (Å²) in [5, 5.41) is 8.81. The molecule has 0 unspecified atom stereocenters. The summed E-state index contributed by atoms with van der Waals surface area (Å²) in [6.45, 7) is 8.25. The molecule has 2 aromatic carbocycles. The number of anilines is 1. The molecule has 0 aliphatic heterocycles. The van der Waals surface area contributed by atoms with Crippen LogP contribution in [0.5, 0.6) is 5.75 Å². The molecule has 0 aliphatic carbocycles. The molecule has 2 amide bonds. The van der Waals surface area contributed by atoms with Gasteiger partial charge in [0.25, 0.3) is 5.91 Å². The Hall–Kier alpha value is -3.03. The molecule has 1 heterocycles. The molecular weight excluding hydrogens is 487 g/mol. The van der Waals surface area contributed by atoms with Gasteiger partial charge in [-0.1, -0.05) is 50.9 Å². The van der Waals surface area contributed by atoms with Crippen molar-refractivity contribution < 1.29 is 14.3 Å². The van der Waals surface area contributed by atoms with Gasteiger partial charge < -0.3 is 15.0 Å². The SMILES string of the molecule is CCCN(CC(=O)Nc1cc(C(C)(C)C)nn1-c1ccc(Cl)cc1)C(=O)COc1ccc(Cl)cc1. The Bertz CT molecular complexity index is 1150. The fraction of sp³-hybridized carbons (Fsp3) is 0.346. The summed E-state index contributed by atoms with van der Waals surface area (Å²) in [4.78, 5) is 27.3. The predicted octanol–water partition coefficient (Wildman–Crippen LogP) is 5.73. The monoisotopic (exact) mass is 516 g/mol. The highest BCUT2D eigenvalue weighted by Crippen LogP contribution is 2.27. The second-order valence-electron chi connectivity index (χ2n) is 9.16. The fourth-order valence-electron chi connectivity index (χ4n) is 3.30. The summed E-state index contributed by atoms with van der Waals surface area (Å²) in [6, 6.07) is 15.8. The van der Waals surface area contributed by atoms with Gasteiger partial charge in [-0.25, -0.2) is 4.68 Å². The molecule has 0 saturated heterocycles. The van der Waals surface area contributed by atoms with Gasteiger partial charge in [-0.05, 0) is 55.0 Å². The number of benzene rings is 2. The number of amides is 2. The first-order valence-corrected chi connectivity index (χ1v) is 12.1. The smallest absolute Gasteiger partial charge is 0.260 e. The van der Waals surface area contributed by atoms with Crippen LogP contribution in [0.4, 0.5) is 5.82 Å². The lowest BCUT2D eigenvalue weighted by atomic mass is 9.92. The molecule has 0 spiro atoms. The third-order valence-corrected chi connectivity index (χ3v) is 5.68. The van der Waals surface area contributed by atoms with E-state index in [2.05, 4.69) is 26.1 Å². The third kappa shape index (κ3) is 7.47. The summed E-state index contributed by atoms with van der Waals surface area (Å²) >= 11 is 11.9. The molecule has 3 aromatic rings. The van der Waals surface area contributed by atoms with Gasteiger partial charge in [0.15, 0.2) is 6.61 Å². The van der Waals surface area contributed by atoms with Gasteiger partial charge in [-0.2, -0.15) is 5.10 Å². The number of halogens is 2. The van der Waals surface area contributed by atoms with Crippen LogP contribution in [0.25, 0.3) is 5.69 Å². The normalized spacial score (nSPS) is 11.3. The number of carbonyl (C=O) groups excluding carboxylic acids is 2. The average molecular weight is 517 g/mol. The Morgan fingerprint density at radius 1 is 1.03 bits per heavy atom. The summed E-state index contributed by atoms with van der Waals surface area (Å²) < 4.78 is 7.24. The zero-order chi connectivity index (χ0) is 25.6. The maximum atomic E-state index is 13.0. The number of hydrogen-bond acceptors (Lipinski definition) is 4. The second kappa shape index (κ2) is 11.6. The molecule has 0 fully saturated rings. The lowest BCUT2D eigenvalue weighted by Gasteiger charge is -2.22. The van der Waals surface area contributed by atoms with Crippen LogP contribution in [0.15, 0.2) is 54.6 Å². The minimum atomic E-state index is -0.325. The quantitative estimate of drug-likeness (QED) is 0.393. The van der Waals surface area contributed by atoms with Crippen LogP contribution in [0.1, 0.15) is 39.8 Å². The van der Waals surface area contributed by atoms with E-state index in [0.29, 0.717) is 34.6 Å². The van der Waals surface area contributed by atoms with E-state index in [1.165, 1.54) is 4.90 Å². The van der Waals surface area contributed by atoms with Crippen molar-refractivity contribution in [2.75, 3.05) is 25.0 Å². The van der Waals surface area contributed by atoms with E-state index in [1.807, 2.05) is 25.1 Å². The molecule has 7 nitrogen and oxygen atoms in total. The molecule has 0 aliphatic rings. The number of ether oxygens (including phenoxy) is 1. The van der Waals surface area contributed by atoms with Crippen LogP contribution in [0.3, 0.4) is 0 Å². The van der Waals surface area contributed by atoms with E-state index >= 15 is 0 Å². The molecule has 0 radical (unpaired) electrons. The zero-order valence-electron chi connectivity index (χ0n) is 20.3. The van der Waals surface area contributed by atoms with Crippen LogP contribution in [-0.2, 0) is 15.0 Å². The lowest BCUT2D eigenvalue weighted by molar-refractivity contribution is -0.136. The highest BCUT2D eigenvalue weighted by Gasteiger charge is 2.23. The molecule has 3 rings (SSSR count). The van der Waals surface area contributed by atoms with Crippen molar-refractivity contribution in [2.45, 2.75) is 39.5 Å². The van der Waals surface area contributed by atoms with Gasteiger partial charge in [-0.3, -0.25) is 9.59 Å². The first-order chi connectivity index (χ1) is 16.6. The molecular formula is C26H30Cl2N4O3. The summed E-state index contributed by atoms with van der Waals surface area (Å²) in [6.07, 6.45) is 0.705. The lowest BCUT2D eigenvalue weighted by Crippen LogP contribution is -2.41. The van der Waals surface area contributed by atoms with Crippen molar-refractivity contribution in [1.82, 2.24) is 14.7 Å². The van der Waals surface area contributed by atoms with E-state index in [-0.39, 0.29) is 30.4 Å². The predicted molar refractivity (Wildman–Crippen MR) is 140 cm³/mol. The zero-order valence-corrected chi connectivity index (χ0v) is 21.9. The van der Waals surface area contributed by atoms with Crippen molar-refractivity contribution >= 4 is 40.8 Å². The average Bonchev–Trinajstić information content (AvgIpc) is 3.23. The summed E-state index contributed by atoms with van der Waals surface area (Å²) in [5.41, 5.74) is 1.36. The number of hydrogen-bond donors (Lipinski definition) is 1. The van der Waals surface area contributed by atoms with Crippen molar-refractivity contribution in [3.8, 4) is 11.4 Å². The minimum absolute atomic E-state index is 0.104. The van der Waals surface area contributed by atoms with Crippen molar-refractivity contribution in [3.05, 3.63) is 70.3 Å². The molecule has 186 valence electrons. The molecule has 0 bridgehead atoms. The van der Waals surface area contributed by atoms with Gasteiger partial charge in [0, 0.05) is 28.1 Å². The maximum absolute atomic E-state index is 13.0. The Morgan fingerprint density at radius 3 is 2.20 bits per heavy atom. The topological polar surface area (TPSA) is 76.5 Å². The van der Waals surface area contributed by atoms with E-state index in [1.54, 1.807) is 41.1 Å². The Balaban J connectivity index is 1.73. The van der Waals surface area contributed by atoms with Crippen LogP contribution in [0.2, 0.25) is 10.0 Å². The maximum Gasteiger partial charge on any atom is 0.260 e. The standard InChI is InChI=1S/C26H30Cl2N4O3/c1-5-14-31(25(34)17-35-21-12-8-19(28)9-13-21)16-24(33)29-23-15-22(26(2,3)4)30-32(23)20-10-6-18(27)7-11-20/h6-13,15H,5,14,16-17H2,1-4H3,(H,29,33). The molecule has 1 N–H and O–H groups in total. The molecule has 35 heavy (non-hydrogen) atoms. The van der Waals surface area contributed by atoms with E-state index in [4.69, 9.17) is 33.0 Å². The van der Waals surface area contributed by atoms with E-state index in [0.717, 1.165) is 11.4 Å². The molecule has 1 aromatic heterocycles. The first kappa shape index (κ1) is 26.6. The second-order valence-corrected chi connectivity index (χ2v) is 10.0. The largest absolute Gasteiger partial charge is 0.484 e. The fourth-order valence-corrected chi connectivity index (χ4v) is 3.55. The first-order valence-electron chi connectivity index (χ1n) is 11.4. The Labute approximate surface area is 216 Å². The van der Waals surface area contributed by atoms with Gasteiger partial charge in [-0.15, -0.1) is 0 Å². The van der Waals surface area contributed by atoms with Crippen LogP contribution < -0.4 is 10.1 Å². The number of carbonyl (C=O) groups is 2. The van der Waals surface area contributed by atoms with Crippen molar-refractivity contribution in [3.63, 3.8) is 0 Å². The third-order valence-electron chi connectivity index (χ3n) is 5.17. The van der Waals surface area contributed by atoms with Gasteiger partial charge in [0.05, 0.1) is 11.4 Å². The Kier molecular flexibility index (Phi) is 8.81. The van der Waals surface area contributed by atoms with E-state index in [9.17, 15) is 9.59 Å². The summed E-state index contributed by atoms with van der Waals surface area (Å²) in [7, 11) is 0. The Morgan fingerprint density at radius 2 is 1.63 bits per heavy atom. The van der Waals surface area contributed by atoms with Gasteiger partial charge in [0.2, 0.25) is 5.91 Å². The number of nitrogens with zero attached hydrogens (tertiary/aromatic N) is 3. The molecule has 0 saturated carbocycles. The highest BCUT2D eigenvalue weighted by atomic mass is 35.5. The minimum Gasteiger partial charge on any atom is -0.484 e. The highest BCUT2D eigenvalue weighted by molar-refractivity contribution is 6.30.